The van der Waals surface area contributed by atoms with Crippen LogP contribution in [0.25, 0.3) is 0 Å². The number of carbonyl (C=O) groups excluding carboxylic acids is 1. The second-order valence-electron chi connectivity index (χ2n) is 6.58. The summed E-state index contributed by atoms with van der Waals surface area (Å²) >= 11 is 0. The van der Waals surface area contributed by atoms with E-state index in [1.807, 2.05) is 0 Å². The molecule has 0 unspecified atom stereocenters. The van der Waals surface area contributed by atoms with Crippen molar-refractivity contribution in [2.45, 2.75) is 19.6 Å². The minimum absolute atomic E-state index is 0.0362. The number of hydrogen-bond donors (Lipinski definition) is 1. The van der Waals surface area contributed by atoms with Gasteiger partial charge in [-0.3, -0.25) is 9.69 Å². The lowest BCUT2D eigenvalue weighted by molar-refractivity contribution is -0.141. The zero-order valence-corrected chi connectivity index (χ0v) is 17.2. The van der Waals surface area contributed by atoms with E-state index < -0.39 is 27.8 Å². The number of halogens is 3. The third-order valence-electron chi connectivity index (χ3n) is 4.04. The number of pyridine rings is 1. The van der Waals surface area contributed by atoms with Gasteiger partial charge in [0, 0.05) is 0 Å². The van der Waals surface area contributed by atoms with E-state index in [1.165, 1.54) is 17.9 Å². The summed E-state index contributed by atoms with van der Waals surface area (Å²) in [5.41, 5.74) is -0.320. The number of anilines is 2. The molecular weight excluding hydrogens is 437 g/mol. The Bertz CT molecular complexity index is 1180. The standard InChI is InChI=1S/C19H17F3N4O4S/c1-12-16(17(27)25-31(2,28)29)24-18(30-12)26(11-13-6-4-3-5-7-13)14-8-9-15(23-10-14)19(20,21)22/h3-10H,11H2,1-2H3,(H,25,27). The quantitative estimate of drug-likeness (QED) is 0.608. The molecule has 2 aromatic heterocycles. The summed E-state index contributed by atoms with van der Waals surface area (Å²) in [5, 5.41) is 0. The van der Waals surface area contributed by atoms with E-state index >= 15 is 0 Å². The fourth-order valence-electron chi connectivity index (χ4n) is 2.67. The van der Waals surface area contributed by atoms with Gasteiger partial charge in [-0.2, -0.15) is 18.2 Å². The Morgan fingerprint density at radius 1 is 1.16 bits per heavy atom. The number of nitrogens with zero attached hydrogens (tertiary/aromatic N) is 3. The summed E-state index contributed by atoms with van der Waals surface area (Å²) in [6, 6.07) is 10.9. The van der Waals surface area contributed by atoms with Crippen LogP contribution in [0.5, 0.6) is 0 Å². The molecular formula is C19H17F3N4O4S. The zero-order chi connectivity index (χ0) is 22.8. The topological polar surface area (TPSA) is 105 Å². The van der Waals surface area contributed by atoms with Gasteiger partial charge < -0.3 is 4.42 Å². The van der Waals surface area contributed by atoms with Gasteiger partial charge in [-0.25, -0.2) is 18.1 Å². The molecule has 0 aliphatic carbocycles. The zero-order valence-electron chi connectivity index (χ0n) is 16.3. The van der Waals surface area contributed by atoms with Crippen LogP contribution < -0.4 is 9.62 Å². The monoisotopic (exact) mass is 454 g/mol. The molecule has 0 atom stereocenters. The molecule has 0 saturated heterocycles. The maximum absolute atomic E-state index is 12.9. The van der Waals surface area contributed by atoms with Crippen LogP contribution in [0.2, 0.25) is 0 Å². The number of amides is 1. The number of rotatable bonds is 6. The van der Waals surface area contributed by atoms with Crippen molar-refractivity contribution in [3.8, 4) is 0 Å². The van der Waals surface area contributed by atoms with Crippen molar-refractivity contribution in [3.05, 3.63) is 71.4 Å². The molecule has 0 saturated carbocycles. The summed E-state index contributed by atoms with van der Waals surface area (Å²) < 4.78 is 68.6. The fourth-order valence-corrected chi connectivity index (χ4v) is 3.11. The molecule has 0 aliphatic rings. The van der Waals surface area contributed by atoms with Crippen LogP contribution in [0.15, 0.2) is 53.1 Å². The van der Waals surface area contributed by atoms with Crippen molar-refractivity contribution in [3.63, 3.8) is 0 Å². The van der Waals surface area contributed by atoms with Crippen LogP contribution in [0, 0.1) is 6.92 Å². The highest BCUT2D eigenvalue weighted by molar-refractivity contribution is 7.89. The van der Waals surface area contributed by atoms with Gasteiger partial charge in [-0.15, -0.1) is 0 Å². The van der Waals surface area contributed by atoms with E-state index in [0.29, 0.717) is 0 Å². The van der Waals surface area contributed by atoms with Crippen LogP contribution in [0.3, 0.4) is 0 Å². The van der Waals surface area contributed by atoms with Crippen LogP contribution in [0.1, 0.15) is 27.5 Å². The summed E-state index contributed by atoms with van der Waals surface area (Å²) in [7, 11) is -3.83. The van der Waals surface area contributed by atoms with Crippen LogP contribution in [0.4, 0.5) is 24.9 Å². The maximum Gasteiger partial charge on any atom is 0.433 e. The number of aromatic nitrogens is 2. The lowest BCUT2D eigenvalue weighted by atomic mass is 10.2. The fraction of sp³-hybridized carbons (Fsp3) is 0.211. The lowest BCUT2D eigenvalue weighted by Crippen LogP contribution is -2.30. The SMILES string of the molecule is Cc1oc(N(Cc2ccccc2)c2ccc(C(F)(F)F)nc2)nc1C(=O)NS(C)(=O)=O. The molecule has 0 aliphatic heterocycles. The van der Waals surface area contributed by atoms with E-state index in [9.17, 15) is 26.4 Å². The number of aryl methyl sites for hydroxylation is 1. The first-order chi connectivity index (χ1) is 14.4. The van der Waals surface area contributed by atoms with E-state index in [2.05, 4.69) is 9.97 Å². The highest BCUT2D eigenvalue weighted by Gasteiger charge is 2.32. The Labute approximate surface area is 175 Å². The van der Waals surface area contributed by atoms with Crippen molar-refractivity contribution < 1.29 is 30.8 Å². The molecule has 164 valence electrons. The highest BCUT2D eigenvalue weighted by atomic mass is 32.2. The summed E-state index contributed by atoms with van der Waals surface area (Å²) in [4.78, 5) is 21.1. The minimum atomic E-state index is -4.60. The molecule has 1 N–H and O–H groups in total. The average Bonchev–Trinajstić information content (AvgIpc) is 3.06. The summed E-state index contributed by atoms with van der Waals surface area (Å²) in [6.07, 6.45) is -2.77. The molecule has 1 amide bonds. The molecule has 0 bridgehead atoms. The third kappa shape index (κ3) is 5.60. The Morgan fingerprint density at radius 2 is 1.84 bits per heavy atom. The molecule has 0 fully saturated rings. The second kappa shape index (κ2) is 8.38. The number of benzene rings is 1. The van der Waals surface area contributed by atoms with E-state index in [-0.39, 0.29) is 29.7 Å². The first-order valence-corrected chi connectivity index (χ1v) is 10.7. The van der Waals surface area contributed by atoms with Crippen molar-refractivity contribution in [2.75, 3.05) is 11.2 Å². The molecule has 3 aromatic rings. The molecule has 8 nitrogen and oxygen atoms in total. The van der Waals surface area contributed by atoms with Gasteiger partial charge in [0.2, 0.25) is 10.0 Å². The molecule has 0 radical (unpaired) electrons. The normalized spacial score (nSPS) is 11.9. The predicted octanol–water partition coefficient (Wildman–Crippen LogP) is 3.42. The smallest absolute Gasteiger partial charge is 0.428 e. The second-order valence-corrected chi connectivity index (χ2v) is 8.32. The van der Waals surface area contributed by atoms with Gasteiger partial charge >= 0.3 is 12.2 Å². The number of oxazole rings is 1. The molecule has 2 heterocycles. The molecule has 3 rings (SSSR count). The lowest BCUT2D eigenvalue weighted by Gasteiger charge is -2.21. The van der Waals surface area contributed by atoms with Gasteiger partial charge in [0.05, 0.1) is 24.7 Å². The first-order valence-electron chi connectivity index (χ1n) is 8.78. The van der Waals surface area contributed by atoms with Gasteiger partial charge in [-0.1, -0.05) is 30.3 Å². The van der Waals surface area contributed by atoms with Crippen LogP contribution >= 0.6 is 0 Å². The van der Waals surface area contributed by atoms with Crippen molar-refractivity contribution >= 4 is 27.6 Å². The Hall–Kier alpha value is -3.41. The van der Waals surface area contributed by atoms with Crippen molar-refractivity contribution in [2.24, 2.45) is 0 Å². The van der Waals surface area contributed by atoms with E-state index in [1.54, 1.807) is 35.1 Å². The van der Waals surface area contributed by atoms with E-state index in [0.717, 1.165) is 24.1 Å². The molecule has 12 heteroatoms. The number of sulfonamides is 1. The highest BCUT2D eigenvalue weighted by Crippen LogP contribution is 2.32. The van der Waals surface area contributed by atoms with Crippen molar-refractivity contribution in [1.82, 2.24) is 14.7 Å². The summed E-state index contributed by atoms with van der Waals surface area (Å²) in [5.74, 6) is -0.950. The number of carbonyl (C=O) groups is 1. The number of hydrogen-bond acceptors (Lipinski definition) is 7. The van der Waals surface area contributed by atoms with Crippen molar-refractivity contribution in [1.29, 1.82) is 0 Å². The summed E-state index contributed by atoms with van der Waals surface area (Å²) in [6.45, 7) is 1.56. The van der Waals surface area contributed by atoms with Crippen LogP contribution in [-0.2, 0) is 22.7 Å². The Kier molecular flexibility index (Phi) is 6.02. The van der Waals surface area contributed by atoms with E-state index in [4.69, 9.17) is 4.42 Å². The maximum atomic E-state index is 12.9. The first kappa shape index (κ1) is 22.3. The third-order valence-corrected chi connectivity index (χ3v) is 4.60. The largest absolute Gasteiger partial charge is 0.433 e. The van der Waals surface area contributed by atoms with Crippen LogP contribution in [-0.4, -0.2) is 30.5 Å². The van der Waals surface area contributed by atoms with Gasteiger partial charge in [0.15, 0.2) is 5.69 Å². The Balaban J connectivity index is 2.01. The minimum Gasteiger partial charge on any atom is -0.428 e. The molecule has 1 aromatic carbocycles. The number of alkyl halides is 3. The molecule has 0 spiro atoms. The predicted molar refractivity (Wildman–Crippen MR) is 105 cm³/mol. The molecule has 31 heavy (non-hydrogen) atoms. The van der Waals surface area contributed by atoms with Gasteiger partial charge in [0.25, 0.3) is 5.91 Å². The van der Waals surface area contributed by atoms with Gasteiger partial charge in [-0.05, 0) is 24.6 Å². The number of nitrogens with one attached hydrogen (secondary N) is 1. The average molecular weight is 454 g/mol. The van der Waals surface area contributed by atoms with Gasteiger partial charge in [0.1, 0.15) is 11.5 Å². The Morgan fingerprint density at radius 3 is 2.39 bits per heavy atom.